The summed E-state index contributed by atoms with van der Waals surface area (Å²) in [5, 5.41) is 7.86. The van der Waals surface area contributed by atoms with Gasteiger partial charge >= 0.3 is 0 Å². The molecule has 0 amide bonds. The maximum atomic E-state index is 12.2. The molecule has 0 bridgehead atoms. The van der Waals surface area contributed by atoms with E-state index in [-0.39, 0.29) is 17.1 Å². The van der Waals surface area contributed by atoms with E-state index in [1.807, 2.05) is 19.1 Å². The first-order valence-corrected chi connectivity index (χ1v) is 9.14. The second-order valence-electron chi connectivity index (χ2n) is 5.18. The zero-order chi connectivity index (χ0) is 17.3. The Kier molecular flexibility index (Phi) is 4.44. The molecule has 126 valence electrons. The number of rotatable bonds is 5. The summed E-state index contributed by atoms with van der Waals surface area (Å²) in [5.41, 5.74) is 1.99. The summed E-state index contributed by atoms with van der Waals surface area (Å²) in [5.74, 6) is 0.561. The first-order chi connectivity index (χ1) is 11.4. The standard InChI is InChI=1S/C15H16ClN5O2S/c1-3-19-24(22,23)13-9-18-21-14(6-7-17-15(13)21)20-12-8-10(2)4-5-11(12)16/h4-9,19-20H,3H2,1-2H3. The van der Waals surface area contributed by atoms with Crippen molar-refractivity contribution >= 4 is 38.8 Å². The van der Waals surface area contributed by atoms with E-state index in [1.165, 1.54) is 16.9 Å². The van der Waals surface area contributed by atoms with Gasteiger partial charge in [-0.3, -0.25) is 0 Å². The summed E-state index contributed by atoms with van der Waals surface area (Å²) >= 11 is 6.20. The SMILES string of the molecule is CCNS(=O)(=O)c1cnn2c(Nc3cc(C)ccc3Cl)ccnc12. The third-order valence-electron chi connectivity index (χ3n) is 3.38. The van der Waals surface area contributed by atoms with E-state index in [0.717, 1.165) is 5.56 Å². The third kappa shape index (κ3) is 3.08. The molecule has 7 nitrogen and oxygen atoms in total. The molecule has 9 heteroatoms. The maximum Gasteiger partial charge on any atom is 0.245 e. The van der Waals surface area contributed by atoms with Gasteiger partial charge in [0.15, 0.2) is 5.65 Å². The molecule has 0 unspecified atom stereocenters. The molecular formula is C15H16ClN5O2S. The van der Waals surface area contributed by atoms with Crippen molar-refractivity contribution in [2.24, 2.45) is 0 Å². The number of aryl methyl sites for hydroxylation is 1. The van der Waals surface area contributed by atoms with Crippen LogP contribution in [-0.4, -0.2) is 29.6 Å². The van der Waals surface area contributed by atoms with Gasteiger partial charge < -0.3 is 5.32 Å². The van der Waals surface area contributed by atoms with Gasteiger partial charge in [-0.2, -0.15) is 9.61 Å². The van der Waals surface area contributed by atoms with Gasteiger partial charge in [0.2, 0.25) is 10.0 Å². The minimum absolute atomic E-state index is 0.0309. The minimum Gasteiger partial charge on any atom is -0.339 e. The lowest BCUT2D eigenvalue weighted by Crippen LogP contribution is -2.23. The van der Waals surface area contributed by atoms with Crippen LogP contribution in [-0.2, 0) is 10.0 Å². The van der Waals surface area contributed by atoms with Crippen LogP contribution in [0.5, 0.6) is 0 Å². The fourth-order valence-corrected chi connectivity index (χ4v) is 3.56. The van der Waals surface area contributed by atoms with Gasteiger partial charge in [-0.05, 0) is 30.7 Å². The Morgan fingerprint density at radius 2 is 2.08 bits per heavy atom. The van der Waals surface area contributed by atoms with Gasteiger partial charge in [0, 0.05) is 12.7 Å². The molecule has 24 heavy (non-hydrogen) atoms. The lowest BCUT2D eigenvalue weighted by atomic mass is 10.2. The number of halogens is 1. The predicted molar refractivity (Wildman–Crippen MR) is 93.3 cm³/mol. The van der Waals surface area contributed by atoms with Gasteiger partial charge in [-0.25, -0.2) is 18.1 Å². The molecule has 2 aromatic heterocycles. The number of hydrogen-bond acceptors (Lipinski definition) is 5. The van der Waals surface area contributed by atoms with E-state index in [4.69, 9.17) is 11.6 Å². The van der Waals surface area contributed by atoms with Gasteiger partial charge in [0.25, 0.3) is 0 Å². The number of sulfonamides is 1. The quantitative estimate of drug-likeness (QED) is 0.725. The lowest BCUT2D eigenvalue weighted by molar-refractivity contribution is 0.584. The second kappa shape index (κ2) is 6.39. The Balaban J connectivity index is 2.08. The lowest BCUT2D eigenvalue weighted by Gasteiger charge is -2.10. The summed E-state index contributed by atoms with van der Waals surface area (Å²) in [7, 11) is -3.65. The van der Waals surface area contributed by atoms with E-state index in [2.05, 4.69) is 20.1 Å². The first kappa shape index (κ1) is 16.7. The molecule has 0 aliphatic rings. The van der Waals surface area contributed by atoms with Gasteiger partial charge in [0.1, 0.15) is 10.7 Å². The number of fused-ring (bicyclic) bond motifs is 1. The Bertz CT molecular complexity index is 1000. The Morgan fingerprint density at radius 1 is 1.29 bits per heavy atom. The van der Waals surface area contributed by atoms with Gasteiger partial charge in [0.05, 0.1) is 16.9 Å². The monoisotopic (exact) mass is 365 g/mol. The number of anilines is 2. The van der Waals surface area contributed by atoms with Crippen LogP contribution >= 0.6 is 11.6 Å². The fraction of sp³-hybridized carbons (Fsp3) is 0.200. The summed E-state index contributed by atoms with van der Waals surface area (Å²) in [6.07, 6.45) is 2.80. The highest BCUT2D eigenvalue weighted by atomic mass is 35.5. The molecule has 1 aromatic carbocycles. The molecular weight excluding hydrogens is 350 g/mol. The van der Waals surface area contributed by atoms with E-state index in [0.29, 0.717) is 16.5 Å². The smallest absolute Gasteiger partial charge is 0.245 e. The van der Waals surface area contributed by atoms with Crippen molar-refractivity contribution in [3.63, 3.8) is 0 Å². The average Bonchev–Trinajstić information content (AvgIpc) is 2.97. The Hall–Kier alpha value is -2.16. The number of nitrogens with zero attached hydrogens (tertiary/aromatic N) is 3. The molecule has 0 aliphatic carbocycles. The highest BCUT2D eigenvalue weighted by Crippen LogP contribution is 2.27. The molecule has 0 saturated carbocycles. The zero-order valence-corrected chi connectivity index (χ0v) is 14.7. The van der Waals surface area contributed by atoms with Crippen LogP contribution in [0.4, 0.5) is 11.5 Å². The average molecular weight is 366 g/mol. The Labute approximate surface area is 144 Å². The number of aromatic nitrogens is 3. The largest absolute Gasteiger partial charge is 0.339 e. The molecule has 0 aliphatic heterocycles. The summed E-state index contributed by atoms with van der Waals surface area (Å²) in [6, 6.07) is 7.29. The topological polar surface area (TPSA) is 88.4 Å². The zero-order valence-electron chi connectivity index (χ0n) is 13.1. The van der Waals surface area contributed by atoms with Crippen molar-refractivity contribution in [1.29, 1.82) is 0 Å². The summed E-state index contributed by atoms with van der Waals surface area (Å²) in [4.78, 5) is 4.17. The normalized spacial score (nSPS) is 11.8. The first-order valence-electron chi connectivity index (χ1n) is 7.28. The van der Waals surface area contributed by atoms with Crippen molar-refractivity contribution < 1.29 is 8.42 Å². The van der Waals surface area contributed by atoms with Crippen LogP contribution in [0, 0.1) is 6.92 Å². The summed E-state index contributed by atoms with van der Waals surface area (Å²) < 4.78 is 28.3. The second-order valence-corrected chi connectivity index (χ2v) is 7.33. The number of hydrogen-bond donors (Lipinski definition) is 2. The highest BCUT2D eigenvalue weighted by molar-refractivity contribution is 7.89. The van der Waals surface area contributed by atoms with Crippen LogP contribution in [0.1, 0.15) is 12.5 Å². The fourth-order valence-electron chi connectivity index (χ4n) is 2.30. The molecule has 0 spiro atoms. The molecule has 2 heterocycles. The van der Waals surface area contributed by atoms with Crippen LogP contribution < -0.4 is 10.0 Å². The maximum absolute atomic E-state index is 12.2. The van der Waals surface area contributed by atoms with E-state index >= 15 is 0 Å². The van der Waals surface area contributed by atoms with Crippen molar-refractivity contribution in [3.05, 3.63) is 47.2 Å². The van der Waals surface area contributed by atoms with Crippen LogP contribution in [0.3, 0.4) is 0 Å². The van der Waals surface area contributed by atoms with Crippen molar-refractivity contribution in [2.45, 2.75) is 18.7 Å². The van der Waals surface area contributed by atoms with E-state index in [1.54, 1.807) is 19.1 Å². The van der Waals surface area contributed by atoms with Gasteiger partial charge in [-0.15, -0.1) is 0 Å². The van der Waals surface area contributed by atoms with Crippen LogP contribution in [0.15, 0.2) is 41.6 Å². The Morgan fingerprint density at radius 3 is 2.83 bits per heavy atom. The summed E-state index contributed by atoms with van der Waals surface area (Å²) in [6.45, 7) is 3.96. The number of nitrogens with one attached hydrogen (secondary N) is 2. The highest BCUT2D eigenvalue weighted by Gasteiger charge is 2.21. The minimum atomic E-state index is -3.65. The van der Waals surface area contributed by atoms with E-state index < -0.39 is 10.0 Å². The van der Waals surface area contributed by atoms with Crippen molar-refractivity contribution in [3.8, 4) is 0 Å². The molecule has 0 fully saturated rings. The van der Waals surface area contributed by atoms with Gasteiger partial charge in [-0.1, -0.05) is 24.6 Å². The van der Waals surface area contributed by atoms with Crippen LogP contribution in [0.2, 0.25) is 5.02 Å². The molecule has 0 radical (unpaired) electrons. The third-order valence-corrected chi connectivity index (χ3v) is 5.24. The van der Waals surface area contributed by atoms with E-state index in [9.17, 15) is 8.42 Å². The molecule has 3 rings (SSSR count). The van der Waals surface area contributed by atoms with Crippen molar-refractivity contribution in [1.82, 2.24) is 19.3 Å². The molecule has 2 N–H and O–H groups in total. The number of benzene rings is 1. The van der Waals surface area contributed by atoms with Crippen LogP contribution in [0.25, 0.3) is 5.65 Å². The molecule has 3 aromatic rings. The molecule has 0 saturated heterocycles. The molecule has 0 atom stereocenters. The van der Waals surface area contributed by atoms with Crippen molar-refractivity contribution in [2.75, 3.05) is 11.9 Å². The predicted octanol–water partition coefficient (Wildman–Crippen LogP) is 2.73.